The lowest BCUT2D eigenvalue weighted by Crippen LogP contribution is -2.22. The second-order valence-corrected chi connectivity index (χ2v) is 8.70. The van der Waals surface area contributed by atoms with Crippen molar-refractivity contribution in [1.29, 1.82) is 0 Å². The lowest BCUT2D eigenvalue weighted by molar-refractivity contribution is -0.123. The van der Waals surface area contributed by atoms with Gasteiger partial charge in [-0.25, -0.2) is 5.43 Å². The molecular formula is C25H26N2O. The molecule has 0 unspecified atom stereocenters. The zero-order valence-electron chi connectivity index (χ0n) is 16.5. The van der Waals surface area contributed by atoms with Crippen molar-refractivity contribution >= 4 is 33.7 Å². The number of carbonyl (C=O) groups is 1. The SMILES string of the molecule is Cc1c2ccccc2c(/C=N\NC(=O)[C@@H]2[C@@H]3CCCC[C@]23C)c2ccccc12. The Labute approximate surface area is 165 Å². The molecule has 3 atom stereocenters. The van der Waals surface area contributed by atoms with E-state index in [-0.39, 0.29) is 17.2 Å². The predicted octanol–water partition coefficient (Wildman–Crippen LogP) is 5.58. The normalized spacial score (nSPS) is 26.5. The van der Waals surface area contributed by atoms with Gasteiger partial charge >= 0.3 is 0 Å². The number of hydrogen-bond donors (Lipinski definition) is 1. The summed E-state index contributed by atoms with van der Waals surface area (Å²) >= 11 is 0. The van der Waals surface area contributed by atoms with Crippen LogP contribution < -0.4 is 5.43 Å². The Kier molecular flexibility index (Phi) is 4.01. The third-order valence-corrected chi connectivity index (χ3v) is 7.22. The highest BCUT2D eigenvalue weighted by Crippen LogP contribution is 2.66. The molecule has 0 radical (unpaired) electrons. The maximum atomic E-state index is 12.7. The van der Waals surface area contributed by atoms with Crippen molar-refractivity contribution in [2.45, 2.75) is 39.5 Å². The van der Waals surface area contributed by atoms with Crippen molar-refractivity contribution in [3.8, 4) is 0 Å². The highest BCUT2D eigenvalue weighted by molar-refractivity contribution is 6.15. The zero-order chi connectivity index (χ0) is 19.3. The number of benzene rings is 3. The average molecular weight is 370 g/mol. The second kappa shape index (κ2) is 6.44. The first kappa shape index (κ1) is 17.4. The van der Waals surface area contributed by atoms with E-state index in [1.165, 1.54) is 52.8 Å². The number of carbonyl (C=O) groups excluding carboxylic acids is 1. The van der Waals surface area contributed by atoms with E-state index in [2.05, 4.69) is 72.9 Å². The number of fused-ring (bicyclic) bond motifs is 3. The first-order chi connectivity index (χ1) is 13.6. The fraction of sp³-hybridized carbons (Fsp3) is 0.360. The van der Waals surface area contributed by atoms with Crippen LogP contribution in [0.2, 0.25) is 0 Å². The summed E-state index contributed by atoms with van der Waals surface area (Å²) in [7, 11) is 0. The molecule has 3 aromatic rings. The number of nitrogens with one attached hydrogen (secondary N) is 1. The van der Waals surface area contributed by atoms with Crippen LogP contribution in [0.1, 0.15) is 43.7 Å². The number of rotatable bonds is 3. The van der Waals surface area contributed by atoms with Gasteiger partial charge in [-0.15, -0.1) is 0 Å². The molecule has 0 aromatic heterocycles. The van der Waals surface area contributed by atoms with E-state index in [0.29, 0.717) is 5.92 Å². The Morgan fingerprint density at radius 2 is 1.64 bits per heavy atom. The minimum Gasteiger partial charge on any atom is -0.273 e. The Bertz CT molecular complexity index is 1060. The van der Waals surface area contributed by atoms with E-state index in [9.17, 15) is 4.79 Å². The molecule has 142 valence electrons. The third kappa shape index (κ3) is 2.56. The van der Waals surface area contributed by atoms with Gasteiger partial charge < -0.3 is 0 Å². The highest BCUT2D eigenvalue weighted by Gasteiger charge is 2.64. The van der Waals surface area contributed by atoms with Gasteiger partial charge in [0.2, 0.25) is 5.91 Å². The Balaban J connectivity index is 1.48. The smallest absolute Gasteiger partial charge is 0.244 e. The van der Waals surface area contributed by atoms with Gasteiger partial charge in [0.05, 0.1) is 6.21 Å². The first-order valence-electron chi connectivity index (χ1n) is 10.3. The maximum Gasteiger partial charge on any atom is 0.244 e. The number of hydrazone groups is 1. The quantitative estimate of drug-likeness (QED) is 0.365. The van der Waals surface area contributed by atoms with E-state index in [1.54, 1.807) is 0 Å². The van der Waals surface area contributed by atoms with Crippen LogP contribution in [0.15, 0.2) is 53.6 Å². The number of aryl methyl sites for hydroxylation is 1. The minimum atomic E-state index is 0.0892. The molecule has 3 nitrogen and oxygen atoms in total. The van der Waals surface area contributed by atoms with Crippen molar-refractivity contribution in [3.63, 3.8) is 0 Å². The van der Waals surface area contributed by atoms with E-state index >= 15 is 0 Å². The summed E-state index contributed by atoms with van der Waals surface area (Å²) in [6, 6.07) is 16.8. The van der Waals surface area contributed by atoms with Crippen molar-refractivity contribution in [1.82, 2.24) is 5.43 Å². The first-order valence-corrected chi connectivity index (χ1v) is 10.3. The van der Waals surface area contributed by atoms with E-state index < -0.39 is 0 Å². The topological polar surface area (TPSA) is 41.5 Å². The molecule has 2 fully saturated rings. The molecule has 2 saturated carbocycles. The molecule has 0 bridgehead atoms. The molecular weight excluding hydrogens is 344 g/mol. The molecule has 28 heavy (non-hydrogen) atoms. The van der Waals surface area contributed by atoms with Crippen LogP contribution in [-0.2, 0) is 4.79 Å². The Hall–Kier alpha value is -2.68. The van der Waals surface area contributed by atoms with Gasteiger partial charge in [-0.2, -0.15) is 5.10 Å². The summed E-state index contributed by atoms with van der Waals surface area (Å²) in [6.07, 6.45) is 6.70. The fourth-order valence-corrected chi connectivity index (χ4v) is 5.60. The average Bonchev–Trinajstić information content (AvgIpc) is 3.36. The molecule has 0 saturated heterocycles. The third-order valence-electron chi connectivity index (χ3n) is 7.22. The Morgan fingerprint density at radius 3 is 2.21 bits per heavy atom. The molecule has 0 aliphatic heterocycles. The standard InChI is InChI=1S/C25H26N2O/c1-16-17-9-3-5-11-19(17)21(20-12-6-4-10-18(16)20)15-26-27-24(28)23-22-13-7-8-14-25(22,23)2/h3-6,9-12,15,22-23H,7-8,13-14H2,1-2H3,(H,27,28)/b26-15-/t22-,23-,25-/m0/s1. The predicted molar refractivity (Wildman–Crippen MR) is 115 cm³/mol. The van der Waals surface area contributed by atoms with Crippen LogP contribution in [0.3, 0.4) is 0 Å². The summed E-state index contributed by atoms with van der Waals surface area (Å²) in [5.74, 6) is 0.780. The number of amides is 1. The fourth-order valence-electron chi connectivity index (χ4n) is 5.60. The summed E-state index contributed by atoms with van der Waals surface area (Å²) in [4.78, 5) is 12.7. The van der Waals surface area contributed by atoms with Crippen molar-refractivity contribution < 1.29 is 4.79 Å². The Morgan fingerprint density at radius 1 is 1.04 bits per heavy atom. The van der Waals surface area contributed by atoms with Gasteiger partial charge in [-0.3, -0.25) is 4.79 Å². The minimum absolute atomic E-state index is 0.0892. The summed E-state index contributed by atoms with van der Waals surface area (Å²) in [6.45, 7) is 4.44. The van der Waals surface area contributed by atoms with Crippen LogP contribution >= 0.6 is 0 Å². The molecule has 0 heterocycles. The lowest BCUT2D eigenvalue weighted by atomic mass is 9.90. The van der Waals surface area contributed by atoms with Crippen molar-refractivity contribution in [3.05, 3.63) is 59.7 Å². The highest BCUT2D eigenvalue weighted by atomic mass is 16.2. The monoisotopic (exact) mass is 370 g/mol. The molecule has 3 aromatic carbocycles. The van der Waals surface area contributed by atoms with Crippen molar-refractivity contribution in [2.75, 3.05) is 0 Å². The van der Waals surface area contributed by atoms with Gasteiger partial charge in [-0.05, 0) is 58.2 Å². The number of hydrogen-bond acceptors (Lipinski definition) is 2. The van der Waals surface area contributed by atoms with Gasteiger partial charge in [0.1, 0.15) is 0 Å². The van der Waals surface area contributed by atoms with E-state index in [4.69, 9.17) is 0 Å². The lowest BCUT2D eigenvalue weighted by Gasteiger charge is -2.15. The largest absolute Gasteiger partial charge is 0.273 e. The molecule has 1 amide bonds. The number of nitrogens with zero attached hydrogens (tertiary/aromatic N) is 1. The molecule has 5 rings (SSSR count). The summed E-state index contributed by atoms with van der Waals surface area (Å²) in [5, 5.41) is 9.20. The summed E-state index contributed by atoms with van der Waals surface area (Å²) < 4.78 is 0. The van der Waals surface area contributed by atoms with Crippen LogP contribution in [-0.4, -0.2) is 12.1 Å². The molecule has 1 N–H and O–H groups in total. The van der Waals surface area contributed by atoms with Gasteiger partial charge in [0, 0.05) is 11.5 Å². The van der Waals surface area contributed by atoms with E-state index in [0.717, 1.165) is 5.56 Å². The van der Waals surface area contributed by atoms with Crippen LogP contribution in [0.25, 0.3) is 21.5 Å². The van der Waals surface area contributed by atoms with E-state index in [1.807, 2.05) is 6.21 Å². The molecule has 0 spiro atoms. The maximum absolute atomic E-state index is 12.7. The zero-order valence-corrected chi connectivity index (χ0v) is 16.5. The molecule has 2 aliphatic carbocycles. The summed E-state index contributed by atoms with van der Waals surface area (Å²) in [5.41, 5.74) is 5.40. The van der Waals surface area contributed by atoms with Crippen LogP contribution in [0, 0.1) is 24.2 Å². The van der Waals surface area contributed by atoms with Gasteiger partial charge in [0.15, 0.2) is 0 Å². The second-order valence-electron chi connectivity index (χ2n) is 8.70. The molecule has 3 heteroatoms. The van der Waals surface area contributed by atoms with Gasteiger partial charge in [0.25, 0.3) is 0 Å². The van der Waals surface area contributed by atoms with Crippen molar-refractivity contribution in [2.24, 2.45) is 22.4 Å². The molecule has 2 aliphatic rings. The van der Waals surface area contributed by atoms with Gasteiger partial charge in [-0.1, -0.05) is 68.3 Å². The van der Waals surface area contributed by atoms with Crippen LogP contribution in [0.4, 0.5) is 0 Å². The van der Waals surface area contributed by atoms with Crippen LogP contribution in [0.5, 0.6) is 0 Å².